The summed E-state index contributed by atoms with van der Waals surface area (Å²) in [7, 11) is 0. The van der Waals surface area contributed by atoms with Crippen LogP contribution in [0, 0.1) is 0 Å². The van der Waals surface area contributed by atoms with E-state index >= 15 is 0 Å². The fourth-order valence-corrected chi connectivity index (χ4v) is 1.41. The van der Waals surface area contributed by atoms with Gasteiger partial charge in [0.15, 0.2) is 6.39 Å². The molecule has 1 saturated carbocycles. The van der Waals surface area contributed by atoms with Crippen molar-refractivity contribution in [2.45, 2.75) is 25.3 Å². The summed E-state index contributed by atoms with van der Waals surface area (Å²) in [6.45, 7) is 0.411. The highest BCUT2D eigenvalue weighted by atomic mass is 35.5. The molecule has 0 saturated heterocycles. The molecule has 0 aliphatic heterocycles. The standard InChI is InChI=1S/C9H11ClN2O2/c10-3-8(13)11-4-7-9(6-1-2-6)14-5-12-7/h5-6H,1-4H2,(H,11,13). The predicted octanol–water partition coefficient (Wildman–Crippen LogP) is 1.41. The first-order valence-corrected chi connectivity index (χ1v) is 5.09. The Kier molecular flexibility index (Phi) is 2.72. The summed E-state index contributed by atoms with van der Waals surface area (Å²) in [5.41, 5.74) is 0.825. The fourth-order valence-electron chi connectivity index (χ4n) is 1.32. The lowest BCUT2D eigenvalue weighted by Gasteiger charge is -2.00. The highest BCUT2D eigenvalue weighted by Crippen LogP contribution is 2.41. The molecule has 0 atom stereocenters. The topological polar surface area (TPSA) is 55.1 Å². The van der Waals surface area contributed by atoms with Crippen molar-refractivity contribution in [3.63, 3.8) is 0 Å². The third-order valence-corrected chi connectivity index (χ3v) is 2.44. The molecule has 14 heavy (non-hydrogen) atoms. The highest BCUT2D eigenvalue weighted by molar-refractivity contribution is 6.27. The molecule has 0 unspecified atom stereocenters. The lowest BCUT2D eigenvalue weighted by molar-refractivity contribution is -0.118. The van der Waals surface area contributed by atoms with E-state index in [1.165, 1.54) is 6.39 Å². The Labute approximate surface area is 86.6 Å². The van der Waals surface area contributed by atoms with Gasteiger partial charge in [0.1, 0.15) is 17.3 Å². The SMILES string of the molecule is O=C(CCl)NCc1ncoc1C1CC1. The molecule has 0 spiro atoms. The van der Waals surface area contributed by atoms with Crippen LogP contribution in [0.25, 0.3) is 0 Å². The van der Waals surface area contributed by atoms with E-state index in [2.05, 4.69) is 10.3 Å². The lowest BCUT2D eigenvalue weighted by atomic mass is 10.2. The van der Waals surface area contributed by atoms with Crippen molar-refractivity contribution in [3.8, 4) is 0 Å². The van der Waals surface area contributed by atoms with Gasteiger partial charge in [-0.15, -0.1) is 11.6 Å². The smallest absolute Gasteiger partial charge is 0.235 e. The van der Waals surface area contributed by atoms with Crippen LogP contribution in [0.2, 0.25) is 0 Å². The van der Waals surface area contributed by atoms with Crippen LogP contribution < -0.4 is 5.32 Å². The summed E-state index contributed by atoms with van der Waals surface area (Å²) in [6.07, 6.45) is 3.74. The molecule has 1 amide bonds. The number of nitrogens with zero attached hydrogens (tertiary/aromatic N) is 1. The molecule has 0 radical (unpaired) electrons. The Bertz CT molecular complexity index is 333. The second kappa shape index (κ2) is 4.00. The van der Waals surface area contributed by atoms with Gasteiger partial charge in [0.2, 0.25) is 5.91 Å². The van der Waals surface area contributed by atoms with Crippen LogP contribution in [0.5, 0.6) is 0 Å². The van der Waals surface area contributed by atoms with Gasteiger partial charge in [0.25, 0.3) is 0 Å². The molecule has 1 heterocycles. The number of rotatable bonds is 4. The zero-order valence-electron chi connectivity index (χ0n) is 7.62. The van der Waals surface area contributed by atoms with Gasteiger partial charge < -0.3 is 9.73 Å². The van der Waals surface area contributed by atoms with Crippen molar-refractivity contribution in [3.05, 3.63) is 17.8 Å². The molecular formula is C9H11ClN2O2. The Hall–Kier alpha value is -1.03. The van der Waals surface area contributed by atoms with E-state index in [0.717, 1.165) is 24.3 Å². The molecule has 2 rings (SSSR count). The van der Waals surface area contributed by atoms with Crippen LogP contribution in [-0.2, 0) is 11.3 Å². The van der Waals surface area contributed by atoms with E-state index in [-0.39, 0.29) is 11.8 Å². The highest BCUT2D eigenvalue weighted by Gasteiger charge is 2.29. The van der Waals surface area contributed by atoms with E-state index in [0.29, 0.717) is 12.5 Å². The number of hydrogen-bond donors (Lipinski definition) is 1. The first kappa shape index (κ1) is 9.52. The van der Waals surface area contributed by atoms with Crippen molar-refractivity contribution in [1.82, 2.24) is 10.3 Å². The first-order valence-electron chi connectivity index (χ1n) is 4.56. The Morgan fingerprint density at radius 1 is 1.71 bits per heavy atom. The van der Waals surface area contributed by atoms with E-state index in [1.54, 1.807) is 0 Å². The van der Waals surface area contributed by atoms with Crippen LogP contribution in [0.3, 0.4) is 0 Å². The number of carbonyl (C=O) groups excluding carboxylic acids is 1. The molecule has 5 heteroatoms. The van der Waals surface area contributed by atoms with Crippen molar-refractivity contribution in [2.75, 3.05) is 5.88 Å². The van der Waals surface area contributed by atoms with Gasteiger partial charge in [-0.05, 0) is 12.8 Å². The molecule has 1 aromatic heterocycles. The van der Waals surface area contributed by atoms with Gasteiger partial charge in [0, 0.05) is 5.92 Å². The van der Waals surface area contributed by atoms with Gasteiger partial charge >= 0.3 is 0 Å². The number of hydrogen-bond acceptors (Lipinski definition) is 3. The van der Waals surface area contributed by atoms with Gasteiger partial charge in [-0.25, -0.2) is 4.98 Å². The molecule has 0 bridgehead atoms. The second-order valence-corrected chi connectivity index (χ2v) is 3.62. The monoisotopic (exact) mass is 214 g/mol. The minimum absolute atomic E-state index is 0.0172. The molecule has 1 aromatic rings. The summed E-state index contributed by atoms with van der Waals surface area (Å²) in [4.78, 5) is 15.0. The Morgan fingerprint density at radius 2 is 2.50 bits per heavy atom. The largest absolute Gasteiger partial charge is 0.448 e. The lowest BCUT2D eigenvalue weighted by Crippen LogP contribution is -2.24. The quantitative estimate of drug-likeness (QED) is 0.771. The number of carbonyl (C=O) groups is 1. The van der Waals surface area contributed by atoms with Crippen LogP contribution >= 0.6 is 11.6 Å². The fraction of sp³-hybridized carbons (Fsp3) is 0.556. The summed E-state index contributed by atoms with van der Waals surface area (Å²) in [6, 6.07) is 0. The van der Waals surface area contributed by atoms with Crippen molar-refractivity contribution in [2.24, 2.45) is 0 Å². The minimum Gasteiger partial charge on any atom is -0.448 e. The average molecular weight is 215 g/mol. The summed E-state index contributed by atoms with van der Waals surface area (Å²) >= 11 is 5.35. The summed E-state index contributed by atoms with van der Waals surface area (Å²) < 4.78 is 5.26. The van der Waals surface area contributed by atoms with Crippen molar-refractivity contribution >= 4 is 17.5 Å². The minimum atomic E-state index is -0.184. The number of oxazole rings is 1. The van der Waals surface area contributed by atoms with E-state index < -0.39 is 0 Å². The molecule has 1 fully saturated rings. The van der Waals surface area contributed by atoms with Crippen molar-refractivity contribution in [1.29, 1.82) is 0 Å². The van der Waals surface area contributed by atoms with Crippen molar-refractivity contribution < 1.29 is 9.21 Å². The normalized spacial score (nSPS) is 15.5. The number of alkyl halides is 1. The van der Waals surface area contributed by atoms with Gasteiger partial charge in [-0.2, -0.15) is 0 Å². The maximum Gasteiger partial charge on any atom is 0.235 e. The summed E-state index contributed by atoms with van der Waals surface area (Å²) in [5, 5.41) is 2.66. The van der Waals surface area contributed by atoms with E-state index in [4.69, 9.17) is 16.0 Å². The molecular weight excluding hydrogens is 204 g/mol. The molecule has 76 valence electrons. The third kappa shape index (κ3) is 2.07. The zero-order valence-corrected chi connectivity index (χ0v) is 8.38. The molecule has 1 N–H and O–H groups in total. The summed E-state index contributed by atoms with van der Waals surface area (Å²) in [5.74, 6) is 1.23. The number of aromatic nitrogens is 1. The number of nitrogens with one attached hydrogen (secondary N) is 1. The molecule has 1 aliphatic rings. The maximum absolute atomic E-state index is 10.9. The number of amides is 1. The zero-order chi connectivity index (χ0) is 9.97. The molecule has 4 nitrogen and oxygen atoms in total. The van der Waals surface area contributed by atoms with Gasteiger partial charge in [-0.3, -0.25) is 4.79 Å². The van der Waals surface area contributed by atoms with Gasteiger partial charge in [0.05, 0.1) is 6.54 Å². The van der Waals surface area contributed by atoms with Crippen LogP contribution in [0.15, 0.2) is 10.8 Å². The number of halogens is 1. The van der Waals surface area contributed by atoms with Crippen LogP contribution in [0.1, 0.15) is 30.2 Å². The van der Waals surface area contributed by atoms with Gasteiger partial charge in [-0.1, -0.05) is 0 Å². The Balaban J connectivity index is 1.94. The third-order valence-electron chi connectivity index (χ3n) is 2.20. The second-order valence-electron chi connectivity index (χ2n) is 3.35. The molecule has 0 aromatic carbocycles. The maximum atomic E-state index is 10.9. The van der Waals surface area contributed by atoms with E-state index in [9.17, 15) is 4.79 Å². The van der Waals surface area contributed by atoms with E-state index in [1.807, 2.05) is 0 Å². The Morgan fingerprint density at radius 3 is 3.14 bits per heavy atom. The first-order chi connectivity index (χ1) is 6.81. The average Bonchev–Trinajstić information content (AvgIpc) is 2.94. The van der Waals surface area contributed by atoms with Crippen LogP contribution in [0.4, 0.5) is 0 Å². The van der Waals surface area contributed by atoms with Crippen LogP contribution in [-0.4, -0.2) is 16.8 Å². The predicted molar refractivity (Wildman–Crippen MR) is 51.0 cm³/mol. The molecule has 1 aliphatic carbocycles.